The van der Waals surface area contributed by atoms with E-state index < -0.39 is 10.0 Å². The lowest BCUT2D eigenvalue weighted by Crippen LogP contribution is -2.46. The maximum atomic E-state index is 12.4. The molecule has 0 spiro atoms. The summed E-state index contributed by atoms with van der Waals surface area (Å²) in [7, 11) is -1.76. The predicted octanol–water partition coefficient (Wildman–Crippen LogP) is 2.02. The lowest BCUT2D eigenvalue weighted by atomic mass is 10.2. The highest BCUT2D eigenvalue weighted by Gasteiger charge is 2.26. The van der Waals surface area contributed by atoms with E-state index in [-0.39, 0.29) is 0 Å². The van der Waals surface area contributed by atoms with Crippen molar-refractivity contribution in [1.29, 1.82) is 0 Å². The zero-order valence-electron chi connectivity index (χ0n) is 11.0. The van der Waals surface area contributed by atoms with E-state index >= 15 is 0 Å². The topological polar surface area (TPSA) is 40.6 Å². The zero-order chi connectivity index (χ0) is 13.2. The predicted molar refractivity (Wildman–Crippen MR) is 71.6 cm³/mol. The van der Waals surface area contributed by atoms with Gasteiger partial charge in [-0.15, -0.1) is 4.41 Å². The number of benzene rings is 1. The fourth-order valence-electron chi connectivity index (χ4n) is 2.17. The number of rotatable bonds is 3. The second kappa shape index (κ2) is 5.38. The number of hydrogen-bond acceptors (Lipinski definition) is 3. The average Bonchev–Trinajstić information content (AvgIpc) is 2.39. The van der Waals surface area contributed by atoms with Gasteiger partial charge in [0.2, 0.25) is 0 Å². The fourth-order valence-corrected chi connectivity index (χ4v) is 3.43. The van der Waals surface area contributed by atoms with Crippen LogP contribution in [0.15, 0.2) is 29.2 Å². The molecule has 0 saturated carbocycles. The summed E-state index contributed by atoms with van der Waals surface area (Å²) in [5, 5.41) is 1.92. The minimum absolute atomic E-state index is 0.362. The summed E-state index contributed by atoms with van der Waals surface area (Å²) < 4.78 is 26.3. The van der Waals surface area contributed by atoms with Crippen LogP contribution in [-0.2, 0) is 10.0 Å². The Bertz CT molecular complexity index is 490. The normalized spacial score (nSPS) is 18.2. The Kier molecular flexibility index (Phi) is 4.04. The monoisotopic (exact) mass is 268 g/mol. The summed E-state index contributed by atoms with van der Waals surface area (Å²) in [6.07, 6.45) is 3.32. The van der Waals surface area contributed by atoms with Crippen LogP contribution in [0.2, 0.25) is 0 Å². The Morgan fingerprint density at radius 3 is 2.17 bits per heavy atom. The second-order valence-electron chi connectivity index (χ2n) is 4.77. The van der Waals surface area contributed by atoms with Gasteiger partial charge in [-0.1, -0.05) is 24.1 Å². The molecule has 1 aromatic rings. The van der Waals surface area contributed by atoms with Crippen LogP contribution >= 0.6 is 0 Å². The number of hydrogen-bond donors (Lipinski definition) is 0. The molecule has 0 unspecified atom stereocenters. The number of sulfonamides is 1. The largest absolute Gasteiger partial charge is 0.255 e. The van der Waals surface area contributed by atoms with Crippen LogP contribution < -0.4 is 0 Å². The van der Waals surface area contributed by atoms with Crippen LogP contribution in [-0.4, -0.2) is 38.0 Å². The molecule has 0 atom stereocenters. The highest BCUT2D eigenvalue weighted by Crippen LogP contribution is 2.19. The lowest BCUT2D eigenvalue weighted by Gasteiger charge is -2.33. The molecule has 5 heteroatoms. The highest BCUT2D eigenvalue weighted by atomic mass is 32.2. The summed E-state index contributed by atoms with van der Waals surface area (Å²) in [5.74, 6) is 0. The molecule has 2 rings (SSSR count). The van der Waals surface area contributed by atoms with Gasteiger partial charge in [0.15, 0.2) is 0 Å². The molecule has 0 N–H and O–H groups in total. The first-order chi connectivity index (χ1) is 8.51. The molecule has 1 aliphatic heterocycles. The number of piperidine rings is 1. The molecule has 0 aromatic heterocycles. The number of hydrazine groups is 1. The summed E-state index contributed by atoms with van der Waals surface area (Å²) in [6.45, 7) is 3.59. The smallest absolute Gasteiger partial charge is 0.228 e. The van der Waals surface area contributed by atoms with Crippen molar-refractivity contribution in [3.63, 3.8) is 0 Å². The van der Waals surface area contributed by atoms with Crippen LogP contribution in [0, 0.1) is 6.92 Å². The average molecular weight is 268 g/mol. The van der Waals surface area contributed by atoms with Crippen LogP contribution in [0.3, 0.4) is 0 Å². The molecular weight excluding hydrogens is 248 g/mol. The van der Waals surface area contributed by atoms with Crippen molar-refractivity contribution < 1.29 is 8.42 Å². The van der Waals surface area contributed by atoms with Crippen molar-refractivity contribution >= 4 is 10.0 Å². The fraction of sp³-hybridized carbons (Fsp3) is 0.538. The van der Waals surface area contributed by atoms with E-state index in [1.54, 1.807) is 19.2 Å². The van der Waals surface area contributed by atoms with Crippen molar-refractivity contribution in [1.82, 2.24) is 9.42 Å². The number of aryl methyl sites for hydroxylation is 1. The van der Waals surface area contributed by atoms with Crippen molar-refractivity contribution in [2.24, 2.45) is 0 Å². The molecule has 1 heterocycles. The Morgan fingerprint density at radius 2 is 1.61 bits per heavy atom. The van der Waals surface area contributed by atoms with E-state index in [1.165, 1.54) is 10.8 Å². The number of nitrogens with zero attached hydrogens (tertiary/aromatic N) is 2. The Labute approximate surface area is 109 Å². The van der Waals surface area contributed by atoms with E-state index in [9.17, 15) is 8.42 Å². The second-order valence-corrected chi connectivity index (χ2v) is 6.72. The standard InChI is InChI=1S/C13H20N2O2S/c1-12-6-8-13(9-7-12)18(16,17)14(2)15-10-4-3-5-11-15/h6-9H,3-5,10-11H2,1-2H3. The molecule has 1 aliphatic rings. The minimum Gasteiger partial charge on any atom is -0.228 e. The minimum atomic E-state index is -3.40. The molecule has 1 aromatic carbocycles. The van der Waals surface area contributed by atoms with Crippen LogP contribution in [0.5, 0.6) is 0 Å². The van der Waals surface area contributed by atoms with Gasteiger partial charge in [0.25, 0.3) is 10.0 Å². The van der Waals surface area contributed by atoms with Gasteiger partial charge in [-0.3, -0.25) is 0 Å². The van der Waals surface area contributed by atoms with Crippen LogP contribution in [0.1, 0.15) is 24.8 Å². The zero-order valence-corrected chi connectivity index (χ0v) is 11.8. The summed E-state index contributed by atoms with van der Waals surface area (Å²) >= 11 is 0. The van der Waals surface area contributed by atoms with Gasteiger partial charge in [0.1, 0.15) is 0 Å². The van der Waals surface area contributed by atoms with E-state index in [4.69, 9.17) is 0 Å². The van der Waals surface area contributed by atoms with E-state index in [2.05, 4.69) is 0 Å². The van der Waals surface area contributed by atoms with E-state index in [0.717, 1.165) is 31.5 Å². The van der Waals surface area contributed by atoms with E-state index in [0.29, 0.717) is 4.90 Å². The van der Waals surface area contributed by atoms with Gasteiger partial charge in [-0.25, -0.2) is 13.4 Å². The maximum absolute atomic E-state index is 12.4. The highest BCUT2D eigenvalue weighted by molar-refractivity contribution is 7.89. The van der Waals surface area contributed by atoms with Gasteiger partial charge in [0, 0.05) is 20.1 Å². The molecule has 0 aliphatic carbocycles. The van der Waals surface area contributed by atoms with Gasteiger partial charge < -0.3 is 0 Å². The first-order valence-electron chi connectivity index (χ1n) is 6.32. The Balaban J connectivity index is 2.21. The summed E-state index contributed by atoms with van der Waals surface area (Å²) in [4.78, 5) is 0.362. The van der Waals surface area contributed by atoms with Crippen LogP contribution in [0.4, 0.5) is 0 Å². The van der Waals surface area contributed by atoms with Gasteiger partial charge >= 0.3 is 0 Å². The van der Waals surface area contributed by atoms with Gasteiger partial charge in [0.05, 0.1) is 4.90 Å². The molecule has 18 heavy (non-hydrogen) atoms. The van der Waals surface area contributed by atoms with Crippen molar-refractivity contribution in [2.45, 2.75) is 31.1 Å². The lowest BCUT2D eigenvalue weighted by molar-refractivity contribution is 0.0609. The summed E-state index contributed by atoms with van der Waals surface area (Å²) in [5.41, 5.74) is 1.06. The molecule has 4 nitrogen and oxygen atoms in total. The quantitative estimate of drug-likeness (QED) is 0.842. The van der Waals surface area contributed by atoms with Gasteiger partial charge in [-0.2, -0.15) is 0 Å². The Morgan fingerprint density at radius 1 is 1.06 bits per heavy atom. The van der Waals surface area contributed by atoms with Gasteiger partial charge in [-0.05, 0) is 31.9 Å². The molecule has 0 amide bonds. The van der Waals surface area contributed by atoms with Crippen LogP contribution in [0.25, 0.3) is 0 Å². The molecule has 100 valence electrons. The molecule has 0 radical (unpaired) electrons. The maximum Gasteiger partial charge on any atom is 0.255 e. The Hall–Kier alpha value is -0.910. The first kappa shape index (κ1) is 13.5. The molecule has 1 fully saturated rings. The summed E-state index contributed by atoms with van der Waals surface area (Å²) in [6, 6.07) is 7.00. The van der Waals surface area contributed by atoms with Crippen molar-refractivity contribution in [3.05, 3.63) is 29.8 Å². The van der Waals surface area contributed by atoms with E-state index in [1.807, 2.05) is 24.1 Å². The SMILES string of the molecule is Cc1ccc(S(=O)(=O)N(C)N2CCCCC2)cc1. The molecule has 0 bridgehead atoms. The third-order valence-electron chi connectivity index (χ3n) is 3.40. The van der Waals surface area contributed by atoms with Crippen molar-refractivity contribution in [2.75, 3.05) is 20.1 Å². The molecular formula is C13H20N2O2S. The molecule has 1 saturated heterocycles. The first-order valence-corrected chi connectivity index (χ1v) is 7.76. The van der Waals surface area contributed by atoms with Crippen molar-refractivity contribution in [3.8, 4) is 0 Å². The third kappa shape index (κ3) is 2.74. The third-order valence-corrected chi connectivity index (χ3v) is 5.19.